The summed E-state index contributed by atoms with van der Waals surface area (Å²) in [6, 6.07) is 30.4. The predicted octanol–water partition coefficient (Wildman–Crippen LogP) is 5.58. The quantitative estimate of drug-likeness (QED) is 0.191. The number of nitrogens with zero attached hydrogens (tertiary/aromatic N) is 2. The van der Waals surface area contributed by atoms with Crippen molar-refractivity contribution in [3.8, 4) is 0 Å². The van der Waals surface area contributed by atoms with Gasteiger partial charge in [0.1, 0.15) is 18.4 Å². The van der Waals surface area contributed by atoms with Crippen LogP contribution in [0.2, 0.25) is 0 Å². The number of amides is 2. The molecule has 0 fully saturated rings. The first-order valence-electron chi connectivity index (χ1n) is 14.3. The molecule has 0 unspecified atom stereocenters. The van der Waals surface area contributed by atoms with Gasteiger partial charge in [0, 0.05) is 19.5 Å². The van der Waals surface area contributed by atoms with E-state index in [4.69, 9.17) is 0 Å². The van der Waals surface area contributed by atoms with Crippen molar-refractivity contribution < 1.29 is 22.4 Å². The normalized spacial score (nSPS) is 11.9. The number of unbranched alkanes of at least 4 members (excludes halogenated alkanes) is 1. The second-order valence-corrected chi connectivity index (χ2v) is 12.0. The highest BCUT2D eigenvalue weighted by molar-refractivity contribution is 7.92. The number of halogens is 1. The molecular formula is C34H36FN3O4S. The molecule has 43 heavy (non-hydrogen) atoms. The Bertz CT molecular complexity index is 1570. The molecule has 0 aliphatic rings. The molecule has 4 aromatic rings. The molecule has 0 aliphatic carbocycles. The van der Waals surface area contributed by atoms with E-state index in [-0.39, 0.29) is 23.8 Å². The zero-order chi connectivity index (χ0) is 30.7. The lowest BCUT2D eigenvalue weighted by Crippen LogP contribution is -2.53. The molecule has 4 aromatic carbocycles. The van der Waals surface area contributed by atoms with E-state index in [0.717, 1.165) is 22.7 Å². The molecule has 224 valence electrons. The SMILES string of the molecule is CCCCNC(=O)[C@@H](Cc1ccccc1)N(Cc1ccc(F)cc1)C(=O)CN(c1ccccc1)S(=O)(=O)c1ccccc1. The van der Waals surface area contributed by atoms with Crippen LogP contribution in [0.15, 0.2) is 120 Å². The van der Waals surface area contributed by atoms with Crippen LogP contribution in [-0.4, -0.2) is 44.3 Å². The van der Waals surface area contributed by atoms with Crippen molar-refractivity contribution in [2.24, 2.45) is 0 Å². The van der Waals surface area contributed by atoms with Crippen LogP contribution in [0.4, 0.5) is 10.1 Å². The largest absolute Gasteiger partial charge is 0.354 e. The zero-order valence-corrected chi connectivity index (χ0v) is 24.9. The Morgan fingerprint density at radius 1 is 0.791 bits per heavy atom. The van der Waals surface area contributed by atoms with Crippen LogP contribution in [-0.2, 0) is 32.6 Å². The molecule has 4 rings (SSSR count). The van der Waals surface area contributed by atoms with E-state index in [1.165, 1.54) is 29.2 Å². The Balaban J connectivity index is 1.76. The summed E-state index contributed by atoms with van der Waals surface area (Å²) in [4.78, 5) is 29.4. The van der Waals surface area contributed by atoms with Gasteiger partial charge in [0.15, 0.2) is 0 Å². The lowest BCUT2D eigenvalue weighted by molar-refractivity contribution is -0.140. The molecule has 9 heteroatoms. The first-order chi connectivity index (χ1) is 20.8. The van der Waals surface area contributed by atoms with Gasteiger partial charge in [-0.15, -0.1) is 0 Å². The summed E-state index contributed by atoms with van der Waals surface area (Å²) in [5, 5.41) is 2.95. The van der Waals surface area contributed by atoms with Crippen molar-refractivity contribution in [2.75, 3.05) is 17.4 Å². The Hall–Kier alpha value is -4.50. The summed E-state index contributed by atoms with van der Waals surface area (Å²) in [5.74, 6) is -1.34. The number of nitrogens with one attached hydrogen (secondary N) is 1. The average molecular weight is 602 g/mol. The maximum atomic E-state index is 14.3. The number of para-hydroxylation sites is 1. The van der Waals surface area contributed by atoms with Crippen LogP contribution in [0.25, 0.3) is 0 Å². The Kier molecular flexibility index (Phi) is 11.0. The highest BCUT2D eigenvalue weighted by atomic mass is 32.2. The van der Waals surface area contributed by atoms with E-state index >= 15 is 0 Å². The van der Waals surface area contributed by atoms with Crippen LogP contribution < -0.4 is 9.62 Å². The molecule has 0 radical (unpaired) electrons. The molecule has 0 spiro atoms. The van der Waals surface area contributed by atoms with Gasteiger partial charge in [0.25, 0.3) is 10.0 Å². The van der Waals surface area contributed by atoms with Gasteiger partial charge >= 0.3 is 0 Å². The summed E-state index contributed by atoms with van der Waals surface area (Å²) >= 11 is 0. The smallest absolute Gasteiger partial charge is 0.264 e. The third-order valence-electron chi connectivity index (χ3n) is 7.02. The maximum Gasteiger partial charge on any atom is 0.264 e. The van der Waals surface area contributed by atoms with Gasteiger partial charge in [-0.05, 0) is 53.9 Å². The minimum atomic E-state index is -4.15. The fourth-order valence-electron chi connectivity index (χ4n) is 4.69. The van der Waals surface area contributed by atoms with Crippen molar-refractivity contribution in [1.29, 1.82) is 0 Å². The topological polar surface area (TPSA) is 86.8 Å². The number of rotatable bonds is 14. The van der Waals surface area contributed by atoms with Gasteiger partial charge in [-0.1, -0.05) is 92.2 Å². The molecule has 0 saturated carbocycles. The molecule has 0 saturated heterocycles. The molecule has 0 heterocycles. The number of carbonyl (C=O) groups excluding carboxylic acids is 2. The lowest BCUT2D eigenvalue weighted by atomic mass is 10.0. The van der Waals surface area contributed by atoms with Crippen LogP contribution >= 0.6 is 0 Å². The monoisotopic (exact) mass is 601 g/mol. The van der Waals surface area contributed by atoms with Crippen molar-refractivity contribution >= 4 is 27.5 Å². The molecule has 2 amide bonds. The standard InChI is InChI=1S/C34H36FN3O4S/c1-2-3-23-36-34(40)32(24-27-13-7-4-8-14-27)37(25-28-19-21-29(35)22-20-28)33(39)26-38(30-15-9-5-10-16-30)43(41,42)31-17-11-6-12-18-31/h4-22,32H,2-3,23-26H2,1H3,(H,36,40)/t32-/m1/s1. The fourth-order valence-corrected chi connectivity index (χ4v) is 6.12. The van der Waals surface area contributed by atoms with Crippen molar-refractivity contribution in [3.63, 3.8) is 0 Å². The van der Waals surface area contributed by atoms with Crippen molar-refractivity contribution in [1.82, 2.24) is 10.2 Å². The summed E-state index contributed by atoms with van der Waals surface area (Å²) in [6.45, 7) is 1.89. The Labute approximate surface area is 253 Å². The second-order valence-electron chi connectivity index (χ2n) is 10.2. The number of sulfonamides is 1. The van der Waals surface area contributed by atoms with Crippen LogP contribution in [0.1, 0.15) is 30.9 Å². The zero-order valence-electron chi connectivity index (χ0n) is 24.1. The van der Waals surface area contributed by atoms with Gasteiger partial charge in [-0.25, -0.2) is 12.8 Å². The van der Waals surface area contributed by atoms with Gasteiger partial charge in [-0.2, -0.15) is 0 Å². The minimum absolute atomic E-state index is 0.0220. The molecular weight excluding hydrogens is 565 g/mol. The van der Waals surface area contributed by atoms with Gasteiger partial charge < -0.3 is 10.2 Å². The molecule has 7 nitrogen and oxygen atoms in total. The van der Waals surface area contributed by atoms with Crippen molar-refractivity contribution in [3.05, 3.63) is 132 Å². The third-order valence-corrected chi connectivity index (χ3v) is 8.81. The number of hydrogen-bond donors (Lipinski definition) is 1. The van der Waals surface area contributed by atoms with E-state index in [1.807, 2.05) is 37.3 Å². The van der Waals surface area contributed by atoms with Crippen LogP contribution in [0.5, 0.6) is 0 Å². The Morgan fingerprint density at radius 3 is 1.98 bits per heavy atom. The number of anilines is 1. The van der Waals surface area contributed by atoms with E-state index in [0.29, 0.717) is 17.8 Å². The van der Waals surface area contributed by atoms with Crippen LogP contribution in [0, 0.1) is 5.82 Å². The summed E-state index contributed by atoms with van der Waals surface area (Å²) < 4.78 is 42.6. The van der Waals surface area contributed by atoms with E-state index in [9.17, 15) is 22.4 Å². The summed E-state index contributed by atoms with van der Waals surface area (Å²) in [5.41, 5.74) is 1.76. The predicted molar refractivity (Wildman–Crippen MR) is 166 cm³/mol. The number of hydrogen-bond acceptors (Lipinski definition) is 4. The average Bonchev–Trinajstić information content (AvgIpc) is 3.03. The number of benzene rings is 4. The second kappa shape index (κ2) is 15.1. The minimum Gasteiger partial charge on any atom is -0.354 e. The van der Waals surface area contributed by atoms with Crippen LogP contribution in [0.3, 0.4) is 0 Å². The number of carbonyl (C=O) groups is 2. The first kappa shape index (κ1) is 31.4. The molecule has 0 aliphatic heterocycles. The first-order valence-corrected chi connectivity index (χ1v) is 15.7. The van der Waals surface area contributed by atoms with Gasteiger partial charge in [-0.3, -0.25) is 13.9 Å². The highest BCUT2D eigenvalue weighted by Gasteiger charge is 2.34. The summed E-state index contributed by atoms with van der Waals surface area (Å²) in [6.07, 6.45) is 1.86. The molecule has 1 atom stereocenters. The maximum absolute atomic E-state index is 14.3. The lowest BCUT2D eigenvalue weighted by Gasteiger charge is -2.34. The summed E-state index contributed by atoms with van der Waals surface area (Å²) in [7, 11) is -4.15. The van der Waals surface area contributed by atoms with Gasteiger partial charge in [0.2, 0.25) is 11.8 Å². The van der Waals surface area contributed by atoms with Crippen molar-refractivity contribution in [2.45, 2.75) is 43.7 Å². The van der Waals surface area contributed by atoms with E-state index in [2.05, 4.69) is 5.32 Å². The Morgan fingerprint density at radius 2 is 1.37 bits per heavy atom. The molecule has 0 bridgehead atoms. The van der Waals surface area contributed by atoms with E-state index < -0.39 is 34.3 Å². The fraction of sp³-hybridized carbons (Fsp3) is 0.235. The van der Waals surface area contributed by atoms with E-state index in [1.54, 1.807) is 60.7 Å². The molecule has 0 aromatic heterocycles. The molecule has 1 N–H and O–H groups in total. The highest BCUT2D eigenvalue weighted by Crippen LogP contribution is 2.25. The van der Waals surface area contributed by atoms with Gasteiger partial charge in [0.05, 0.1) is 10.6 Å². The third kappa shape index (κ3) is 8.51.